The fourth-order valence-corrected chi connectivity index (χ4v) is 4.00. The van der Waals surface area contributed by atoms with Gasteiger partial charge < -0.3 is 14.7 Å². The molecule has 1 N–H and O–H groups in total. The highest BCUT2D eigenvalue weighted by Gasteiger charge is 2.29. The molecule has 5 heteroatoms. The second-order valence-electron chi connectivity index (χ2n) is 8.04. The Morgan fingerprint density at radius 2 is 2.11 bits per heavy atom. The molecule has 0 saturated carbocycles. The Morgan fingerprint density at radius 1 is 1.29 bits per heavy atom. The summed E-state index contributed by atoms with van der Waals surface area (Å²) >= 11 is 0. The Morgan fingerprint density at radius 3 is 2.89 bits per heavy atom. The van der Waals surface area contributed by atoms with E-state index >= 15 is 0 Å². The van der Waals surface area contributed by atoms with E-state index in [1.807, 2.05) is 30.1 Å². The predicted molar refractivity (Wildman–Crippen MR) is 111 cm³/mol. The molecular formula is C23H33N3O2. The van der Waals surface area contributed by atoms with Crippen LogP contribution in [0.4, 0.5) is 0 Å². The smallest absolute Gasteiger partial charge is 0.222 e. The Kier molecular flexibility index (Phi) is 7.66. The molecule has 1 saturated heterocycles. The third-order valence-corrected chi connectivity index (χ3v) is 5.75. The summed E-state index contributed by atoms with van der Waals surface area (Å²) in [6.45, 7) is 4.77. The first-order valence-corrected chi connectivity index (χ1v) is 10.6. The van der Waals surface area contributed by atoms with Gasteiger partial charge in [-0.3, -0.25) is 4.79 Å². The van der Waals surface area contributed by atoms with E-state index in [2.05, 4.69) is 35.6 Å². The van der Waals surface area contributed by atoms with Crippen LogP contribution in [0.15, 0.2) is 40.9 Å². The number of nitrogens with zero attached hydrogens (tertiary/aromatic N) is 2. The fraction of sp³-hybridized carbons (Fsp3) is 0.565. The van der Waals surface area contributed by atoms with Crippen LogP contribution in [0.3, 0.4) is 0 Å². The summed E-state index contributed by atoms with van der Waals surface area (Å²) < 4.78 is 5.48. The number of amides is 1. The van der Waals surface area contributed by atoms with Crippen molar-refractivity contribution in [2.24, 2.45) is 11.8 Å². The standard InChI is InChI=1S/C23H33N3O2/c1-3-4-10-22-15-21(25-28-22)13-20-16-24-12-11-19(20)14-23(27)26(2)17-18-8-6-5-7-9-18/h5-9,15,19-20,24H,3-4,10-14,16-17H2,1-2H3. The predicted octanol–water partition coefficient (Wildman–Crippen LogP) is 3.83. The van der Waals surface area contributed by atoms with E-state index in [0.29, 0.717) is 24.8 Å². The molecule has 2 aromatic rings. The van der Waals surface area contributed by atoms with Gasteiger partial charge in [-0.05, 0) is 49.8 Å². The topological polar surface area (TPSA) is 58.4 Å². The van der Waals surface area contributed by atoms with Crippen LogP contribution in [0.2, 0.25) is 0 Å². The summed E-state index contributed by atoms with van der Waals surface area (Å²) in [5, 5.41) is 7.75. The van der Waals surface area contributed by atoms with Gasteiger partial charge in [-0.1, -0.05) is 48.8 Å². The van der Waals surface area contributed by atoms with Crippen LogP contribution in [-0.2, 0) is 24.2 Å². The van der Waals surface area contributed by atoms with E-state index in [1.54, 1.807) is 0 Å². The number of piperidine rings is 1. The molecule has 5 nitrogen and oxygen atoms in total. The maximum atomic E-state index is 12.8. The molecule has 1 aliphatic rings. The third-order valence-electron chi connectivity index (χ3n) is 5.75. The largest absolute Gasteiger partial charge is 0.361 e. The first kappa shape index (κ1) is 20.6. The normalized spacial score (nSPS) is 19.5. The lowest BCUT2D eigenvalue weighted by molar-refractivity contribution is -0.132. The van der Waals surface area contributed by atoms with Gasteiger partial charge in [-0.15, -0.1) is 0 Å². The first-order valence-electron chi connectivity index (χ1n) is 10.6. The SMILES string of the molecule is CCCCc1cc(CC2CNCCC2CC(=O)N(C)Cc2ccccc2)no1. The van der Waals surface area contributed by atoms with Gasteiger partial charge in [-0.2, -0.15) is 0 Å². The lowest BCUT2D eigenvalue weighted by Crippen LogP contribution is -2.40. The highest BCUT2D eigenvalue weighted by atomic mass is 16.5. The zero-order valence-corrected chi connectivity index (χ0v) is 17.2. The second-order valence-corrected chi connectivity index (χ2v) is 8.04. The van der Waals surface area contributed by atoms with Crippen LogP contribution in [0.5, 0.6) is 0 Å². The van der Waals surface area contributed by atoms with Crippen molar-refractivity contribution in [2.75, 3.05) is 20.1 Å². The van der Waals surface area contributed by atoms with Crippen molar-refractivity contribution < 1.29 is 9.32 Å². The zero-order chi connectivity index (χ0) is 19.8. The molecule has 1 aliphatic heterocycles. The van der Waals surface area contributed by atoms with Crippen LogP contribution in [0.25, 0.3) is 0 Å². The number of aryl methyl sites for hydroxylation is 1. The Balaban J connectivity index is 1.55. The number of carbonyl (C=O) groups excluding carboxylic acids is 1. The number of rotatable bonds is 9. The molecule has 0 radical (unpaired) electrons. The molecular weight excluding hydrogens is 350 g/mol. The molecule has 2 atom stereocenters. The highest BCUT2D eigenvalue weighted by Crippen LogP contribution is 2.27. The van der Waals surface area contributed by atoms with Crippen LogP contribution in [-0.4, -0.2) is 36.1 Å². The van der Waals surface area contributed by atoms with Crippen LogP contribution < -0.4 is 5.32 Å². The number of unbranched alkanes of at least 4 members (excludes halogenated alkanes) is 1. The van der Waals surface area contributed by atoms with Crippen molar-refractivity contribution in [3.8, 4) is 0 Å². The van der Waals surface area contributed by atoms with Gasteiger partial charge in [0, 0.05) is 32.5 Å². The molecule has 1 aromatic heterocycles. The van der Waals surface area contributed by atoms with Gasteiger partial charge in [0.05, 0.1) is 5.69 Å². The number of aromatic nitrogens is 1. The monoisotopic (exact) mass is 383 g/mol. The molecule has 3 rings (SSSR count). The number of hydrogen-bond acceptors (Lipinski definition) is 4. The fourth-order valence-electron chi connectivity index (χ4n) is 4.00. The van der Waals surface area contributed by atoms with Crippen LogP contribution >= 0.6 is 0 Å². The second kappa shape index (κ2) is 10.4. The van der Waals surface area contributed by atoms with Crippen molar-refractivity contribution in [3.63, 3.8) is 0 Å². The molecule has 2 heterocycles. The maximum Gasteiger partial charge on any atom is 0.222 e. The molecule has 0 bridgehead atoms. The minimum absolute atomic E-state index is 0.226. The van der Waals surface area contributed by atoms with E-state index in [4.69, 9.17) is 4.52 Å². The average molecular weight is 384 g/mol. The summed E-state index contributed by atoms with van der Waals surface area (Å²) in [6.07, 6.45) is 5.77. The quantitative estimate of drug-likeness (QED) is 0.715. The number of carbonyl (C=O) groups is 1. The summed E-state index contributed by atoms with van der Waals surface area (Å²) in [5.74, 6) is 2.02. The number of benzene rings is 1. The van der Waals surface area contributed by atoms with Crippen molar-refractivity contribution in [3.05, 3.63) is 53.4 Å². The van der Waals surface area contributed by atoms with Crippen molar-refractivity contribution in [2.45, 2.75) is 52.0 Å². The minimum Gasteiger partial charge on any atom is -0.361 e. The van der Waals surface area contributed by atoms with Gasteiger partial charge in [0.1, 0.15) is 5.76 Å². The number of nitrogens with one attached hydrogen (secondary N) is 1. The lowest BCUT2D eigenvalue weighted by atomic mass is 9.81. The molecule has 152 valence electrons. The Bertz CT molecular complexity index is 728. The minimum atomic E-state index is 0.226. The van der Waals surface area contributed by atoms with Crippen molar-refractivity contribution >= 4 is 5.91 Å². The molecule has 1 amide bonds. The third kappa shape index (κ3) is 5.93. The van der Waals surface area contributed by atoms with E-state index in [-0.39, 0.29) is 5.91 Å². The summed E-state index contributed by atoms with van der Waals surface area (Å²) in [5.41, 5.74) is 2.19. The van der Waals surface area contributed by atoms with Crippen molar-refractivity contribution in [1.29, 1.82) is 0 Å². The van der Waals surface area contributed by atoms with Crippen LogP contribution in [0.1, 0.15) is 49.6 Å². The van der Waals surface area contributed by atoms with E-state index < -0.39 is 0 Å². The molecule has 0 spiro atoms. The van der Waals surface area contributed by atoms with Gasteiger partial charge in [-0.25, -0.2) is 0 Å². The Labute approximate surface area is 168 Å². The maximum absolute atomic E-state index is 12.8. The van der Waals surface area contributed by atoms with E-state index in [0.717, 1.165) is 56.6 Å². The number of hydrogen-bond donors (Lipinski definition) is 1. The van der Waals surface area contributed by atoms with Gasteiger partial charge in [0.2, 0.25) is 5.91 Å². The van der Waals surface area contributed by atoms with Crippen molar-refractivity contribution in [1.82, 2.24) is 15.4 Å². The van der Waals surface area contributed by atoms with E-state index in [1.165, 1.54) is 5.56 Å². The van der Waals surface area contributed by atoms with Gasteiger partial charge in [0.25, 0.3) is 0 Å². The highest BCUT2D eigenvalue weighted by molar-refractivity contribution is 5.76. The Hall–Kier alpha value is -2.14. The molecule has 1 fully saturated rings. The summed E-state index contributed by atoms with van der Waals surface area (Å²) in [4.78, 5) is 14.7. The molecule has 1 aromatic carbocycles. The summed E-state index contributed by atoms with van der Waals surface area (Å²) in [7, 11) is 1.91. The first-order chi connectivity index (χ1) is 13.7. The molecule has 0 aliphatic carbocycles. The lowest BCUT2D eigenvalue weighted by Gasteiger charge is -2.32. The summed E-state index contributed by atoms with van der Waals surface area (Å²) in [6, 6.07) is 12.3. The van der Waals surface area contributed by atoms with Crippen LogP contribution in [0, 0.1) is 11.8 Å². The molecule has 2 unspecified atom stereocenters. The van der Waals surface area contributed by atoms with E-state index in [9.17, 15) is 4.79 Å². The zero-order valence-electron chi connectivity index (χ0n) is 17.2. The van der Waals surface area contributed by atoms with Gasteiger partial charge in [0.15, 0.2) is 0 Å². The molecule has 28 heavy (non-hydrogen) atoms. The average Bonchev–Trinajstić information content (AvgIpc) is 3.16. The van der Waals surface area contributed by atoms with Gasteiger partial charge >= 0.3 is 0 Å².